The van der Waals surface area contributed by atoms with Crippen LogP contribution in [0.5, 0.6) is 23.0 Å². The summed E-state index contributed by atoms with van der Waals surface area (Å²) in [6.45, 7) is 0.591. The van der Waals surface area contributed by atoms with Gasteiger partial charge in [-0.2, -0.15) is 0 Å². The maximum Gasteiger partial charge on any atom is 0.203 e. The molecule has 0 fully saturated rings. The van der Waals surface area contributed by atoms with Crippen LogP contribution in [-0.4, -0.2) is 23.9 Å². The molecule has 1 atom stereocenters. The maximum atomic E-state index is 9.76. The summed E-state index contributed by atoms with van der Waals surface area (Å²) in [6.07, 6.45) is 1.77. The lowest BCUT2D eigenvalue weighted by Crippen LogP contribution is -2.23. The molecule has 2 aromatic rings. The molecule has 2 aromatic carbocycles. The van der Waals surface area contributed by atoms with Crippen molar-refractivity contribution in [3.8, 4) is 23.0 Å². The third-order valence-corrected chi connectivity index (χ3v) is 3.81. The summed E-state index contributed by atoms with van der Waals surface area (Å²) >= 11 is 0. The van der Waals surface area contributed by atoms with Crippen molar-refractivity contribution in [3.05, 3.63) is 47.5 Å². The van der Waals surface area contributed by atoms with E-state index in [1.54, 1.807) is 18.2 Å². The van der Waals surface area contributed by atoms with E-state index >= 15 is 0 Å². The molecule has 21 heavy (non-hydrogen) atoms. The van der Waals surface area contributed by atoms with Gasteiger partial charge in [-0.25, -0.2) is 0 Å². The van der Waals surface area contributed by atoms with E-state index in [0.717, 1.165) is 18.4 Å². The normalized spacial score (nSPS) is 16.9. The first-order chi connectivity index (χ1) is 10.2. The lowest BCUT2D eigenvalue weighted by Gasteiger charge is -2.27. The van der Waals surface area contributed by atoms with E-state index in [2.05, 4.69) is 0 Å². The molecule has 0 radical (unpaired) electrons. The molecule has 110 valence electrons. The van der Waals surface area contributed by atoms with Crippen molar-refractivity contribution < 1.29 is 19.7 Å². The highest BCUT2D eigenvalue weighted by Crippen LogP contribution is 2.42. The summed E-state index contributed by atoms with van der Waals surface area (Å²) in [7, 11) is 1.53. The van der Waals surface area contributed by atoms with Crippen LogP contribution in [0.15, 0.2) is 36.4 Å². The highest BCUT2D eigenvalue weighted by molar-refractivity contribution is 5.55. The van der Waals surface area contributed by atoms with E-state index in [4.69, 9.17) is 9.47 Å². The molecular weight excluding hydrogens is 268 g/mol. The van der Waals surface area contributed by atoms with Crippen molar-refractivity contribution in [2.75, 3.05) is 13.7 Å². The van der Waals surface area contributed by atoms with Crippen LogP contribution in [0, 0.1) is 5.92 Å². The summed E-state index contributed by atoms with van der Waals surface area (Å²) in [4.78, 5) is 0. The van der Waals surface area contributed by atoms with Crippen LogP contribution in [0.3, 0.4) is 0 Å². The van der Waals surface area contributed by atoms with Crippen LogP contribution in [0.25, 0.3) is 0 Å². The quantitative estimate of drug-likeness (QED) is 0.911. The molecule has 0 aromatic heterocycles. The zero-order chi connectivity index (χ0) is 14.8. The minimum Gasteiger partial charge on any atom is -0.508 e. The number of ether oxygens (including phenoxy) is 2. The maximum absolute atomic E-state index is 9.76. The van der Waals surface area contributed by atoms with Crippen LogP contribution in [0.1, 0.15) is 11.1 Å². The number of methoxy groups -OCH3 is 1. The van der Waals surface area contributed by atoms with Crippen LogP contribution in [0.2, 0.25) is 0 Å². The van der Waals surface area contributed by atoms with E-state index in [9.17, 15) is 10.2 Å². The summed E-state index contributed by atoms with van der Waals surface area (Å²) in [5, 5.41) is 19.1. The number of fused-ring (bicyclic) bond motifs is 1. The Morgan fingerprint density at radius 3 is 2.62 bits per heavy atom. The number of hydrogen-bond acceptors (Lipinski definition) is 4. The smallest absolute Gasteiger partial charge is 0.203 e. The van der Waals surface area contributed by atoms with Gasteiger partial charge in [-0.3, -0.25) is 0 Å². The summed E-state index contributed by atoms with van der Waals surface area (Å²) in [5.74, 6) is 1.82. The van der Waals surface area contributed by atoms with Gasteiger partial charge in [-0.05, 0) is 42.2 Å². The molecule has 4 nitrogen and oxygen atoms in total. The monoisotopic (exact) mass is 286 g/mol. The van der Waals surface area contributed by atoms with Gasteiger partial charge < -0.3 is 19.7 Å². The summed E-state index contributed by atoms with van der Waals surface area (Å²) < 4.78 is 11.0. The fourth-order valence-corrected chi connectivity index (χ4v) is 2.78. The number of rotatable bonds is 3. The van der Waals surface area contributed by atoms with Gasteiger partial charge in [0.1, 0.15) is 5.75 Å². The summed E-state index contributed by atoms with van der Waals surface area (Å²) in [6, 6.07) is 10.8. The first-order valence-corrected chi connectivity index (χ1v) is 6.97. The van der Waals surface area contributed by atoms with Crippen molar-refractivity contribution in [1.29, 1.82) is 0 Å². The second kappa shape index (κ2) is 5.56. The van der Waals surface area contributed by atoms with Gasteiger partial charge in [-0.1, -0.05) is 18.2 Å². The SMILES string of the molecule is COc1c(O)ccc2c1OC[C@@H](Cc1ccc(O)cc1)C2. The number of benzene rings is 2. The van der Waals surface area contributed by atoms with Crippen molar-refractivity contribution in [3.63, 3.8) is 0 Å². The van der Waals surface area contributed by atoms with Gasteiger partial charge in [0.25, 0.3) is 0 Å². The van der Waals surface area contributed by atoms with E-state index in [-0.39, 0.29) is 11.5 Å². The predicted molar refractivity (Wildman–Crippen MR) is 79.2 cm³/mol. The Bertz CT molecular complexity index is 634. The highest BCUT2D eigenvalue weighted by Gasteiger charge is 2.24. The molecule has 0 saturated heterocycles. The molecule has 0 amide bonds. The topological polar surface area (TPSA) is 58.9 Å². The van der Waals surface area contributed by atoms with Gasteiger partial charge in [-0.15, -0.1) is 0 Å². The van der Waals surface area contributed by atoms with Crippen molar-refractivity contribution in [2.45, 2.75) is 12.8 Å². The Balaban J connectivity index is 1.77. The molecule has 1 aliphatic rings. The largest absolute Gasteiger partial charge is 0.508 e. The van der Waals surface area contributed by atoms with Crippen molar-refractivity contribution in [1.82, 2.24) is 0 Å². The average Bonchev–Trinajstić information content (AvgIpc) is 2.50. The fourth-order valence-electron chi connectivity index (χ4n) is 2.78. The van der Waals surface area contributed by atoms with E-state index < -0.39 is 0 Å². The van der Waals surface area contributed by atoms with Crippen LogP contribution >= 0.6 is 0 Å². The van der Waals surface area contributed by atoms with Gasteiger partial charge in [0.05, 0.1) is 13.7 Å². The molecule has 4 heteroatoms. The molecule has 0 saturated carbocycles. The van der Waals surface area contributed by atoms with Crippen LogP contribution in [-0.2, 0) is 12.8 Å². The van der Waals surface area contributed by atoms with Gasteiger partial charge >= 0.3 is 0 Å². The fraction of sp³-hybridized carbons (Fsp3) is 0.294. The number of phenolic OH excluding ortho intramolecular Hbond substituents is 2. The molecule has 0 aliphatic carbocycles. The first kappa shape index (κ1) is 13.6. The highest BCUT2D eigenvalue weighted by atomic mass is 16.5. The third kappa shape index (κ3) is 2.75. The Hall–Kier alpha value is -2.36. The molecule has 1 aliphatic heterocycles. The van der Waals surface area contributed by atoms with Crippen LogP contribution < -0.4 is 9.47 Å². The van der Waals surface area contributed by atoms with E-state index in [0.29, 0.717) is 24.0 Å². The lowest BCUT2D eigenvalue weighted by molar-refractivity contribution is 0.209. The summed E-state index contributed by atoms with van der Waals surface area (Å²) in [5.41, 5.74) is 2.23. The third-order valence-electron chi connectivity index (χ3n) is 3.81. The Labute approximate surface area is 123 Å². The molecule has 0 spiro atoms. The zero-order valence-electron chi connectivity index (χ0n) is 11.9. The van der Waals surface area contributed by atoms with Crippen LogP contribution in [0.4, 0.5) is 0 Å². The van der Waals surface area contributed by atoms with Gasteiger partial charge in [0.15, 0.2) is 11.5 Å². The molecular formula is C17H18O4. The second-order valence-corrected chi connectivity index (χ2v) is 5.36. The Morgan fingerprint density at radius 2 is 1.90 bits per heavy atom. The molecule has 2 N–H and O–H groups in total. The second-order valence-electron chi connectivity index (χ2n) is 5.36. The Morgan fingerprint density at radius 1 is 1.14 bits per heavy atom. The lowest BCUT2D eigenvalue weighted by atomic mass is 9.90. The molecule has 3 rings (SSSR count). The van der Waals surface area contributed by atoms with E-state index in [1.165, 1.54) is 12.7 Å². The standard InChI is InChI=1S/C17H18O4/c1-20-17-15(19)7-4-13-9-12(10-21-16(13)17)8-11-2-5-14(18)6-3-11/h2-7,12,18-19H,8-10H2,1H3/t12-/m0/s1. The number of phenols is 2. The minimum absolute atomic E-state index is 0.105. The van der Waals surface area contributed by atoms with Gasteiger partial charge in [0.2, 0.25) is 5.75 Å². The van der Waals surface area contributed by atoms with Crippen molar-refractivity contribution >= 4 is 0 Å². The number of aromatic hydroxyl groups is 2. The van der Waals surface area contributed by atoms with E-state index in [1.807, 2.05) is 18.2 Å². The van der Waals surface area contributed by atoms with Crippen molar-refractivity contribution in [2.24, 2.45) is 5.92 Å². The Kier molecular flexibility index (Phi) is 3.60. The molecule has 0 unspecified atom stereocenters. The average molecular weight is 286 g/mol. The minimum atomic E-state index is 0.105. The first-order valence-electron chi connectivity index (χ1n) is 6.97. The zero-order valence-corrected chi connectivity index (χ0v) is 11.9. The number of hydrogen-bond donors (Lipinski definition) is 2. The molecule has 0 bridgehead atoms. The molecule has 1 heterocycles. The predicted octanol–water partition coefficient (Wildman–Crippen LogP) is 2.90. The van der Waals surface area contributed by atoms with Gasteiger partial charge in [0, 0.05) is 5.92 Å².